The summed E-state index contributed by atoms with van der Waals surface area (Å²) in [5, 5.41) is 25.3. The molecule has 11 aromatic rings. The lowest BCUT2D eigenvalue weighted by molar-refractivity contribution is 0.590. The first kappa shape index (κ1) is 49.6. The minimum absolute atomic E-state index is 0.0525. The Morgan fingerprint density at radius 2 is 0.671 bits per heavy atom. The number of fused-ring (bicyclic) bond motifs is 6. The number of hydrogen-bond donors (Lipinski definition) is 0. The molecular formula is C69H63N7. The standard InChI is InChI=1S/C69H63N7/c1-66(2,3)49-22-26-59-55(36-49)56-37-50(67(4,5)6)23-27-60(56)75(59)53-31-43(41-71)30-47(34-53)64-72-63(45-16-14-13-15-17-45)73-65(74-64)48-32-46(44-20-18-42(40-70)19-21-44)33-54(35-48)76-61-28-24-51(68(7,8)9)38-57(61)58-39-52(69(10,11)12)25-29-62(58)76/h13-39H,1-12H3. The Hall–Kier alpha value is -8.65. The quantitative estimate of drug-likeness (QED) is 0.165. The Morgan fingerprint density at radius 3 is 1.05 bits per heavy atom. The molecule has 0 fully saturated rings. The zero-order valence-electron chi connectivity index (χ0n) is 45.7. The summed E-state index contributed by atoms with van der Waals surface area (Å²) in [6.45, 7) is 27.1. The first-order valence-electron chi connectivity index (χ1n) is 26.3. The van der Waals surface area contributed by atoms with E-state index in [-0.39, 0.29) is 21.7 Å². The molecule has 3 heterocycles. The van der Waals surface area contributed by atoms with E-state index in [0.717, 1.165) is 66.5 Å². The van der Waals surface area contributed by atoms with Gasteiger partial charge in [0.15, 0.2) is 17.5 Å². The molecule has 0 atom stereocenters. The number of aromatic nitrogens is 5. The van der Waals surface area contributed by atoms with Crippen LogP contribution in [0.3, 0.4) is 0 Å². The van der Waals surface area contributed by atoms with Gasteiger partial charge in [-0.15, -0.1) is 0 Å². The van der Waals surface area contributed by atoms with Gasteiger partial charge in [0, 0.05) is 49.6 Å². The zero-order valence-corrected chi connectivity index (χ0v) is 45.7. The molecule has 0 N–H and O–H groups in total. The van der Waals surface area contributed by atoms with E-state index < -0.39 is 0 Å². The molecule has 0 amide bonds. The smallest absolute Gasteiger partial charge is 0.164 e. The highest BCUT2D eigenvalue weighted by Gasteiger charge is 2.25. The van der Waals surface area contributed by atoms with Crippen LogP contribution in [0.5, 0.6) is 0 Å². The minimum atomic E-state index is -0.0525. The highest BCUT2D eigenvalue weighted by Crippen LogP contribution is 2.42. The van der Waals surface area contributed by atoms with E-state index in [0.29, 0.717) is 34.2 Å². The molecule has 0 radical (unpaired) electrons. The number of benzene rings is 8. The second-order valence-electron chi connectivity index (χ2n) is 24.6. The number of nitriles is 2. The molecule has 7 heteroatoms. The topological polar surface area (TPSA) is 96.1 Å². The molecule has 3 aromatic heterocycles. The van der Waals surface area contributed by atoms with Gasteiger partial charge in [-0.25, -0.2) is 15.0 Å². The van der Waals surface area contributed by atoms with Crippen LogP contribution in [0.2, 0.25) is 0 Å². The Bertz CT molecular complexity index is 4060. The molecule has 0 saturated carbocycles. The van der Waals surface area contributed by atoms with Gasteiger partial charge in [-0.1, -0.05) is 150 Å². The fraction of sp³-hybridized carbons (Fsp3) is 0.232. The van der Waals surface area contributed by atoms with Crippen molar-refractivity contribution in [3.63, 3.8) is 0 Å². The maximum Gasteiger partial charge on any atom is 0.164 e. The molecule has 0 aliphatic carbocycles. The molecule has 0 saturated heterocycles. The Morgan fingerprint density at radius 1 is 0.316 bits per heavy atom. The Kier molecular flexibility index (Phi) is 11.8. The first-order valence-corrected chi connectivity index (χ1v) is 26.3. The van der Waals surface area contributed by atoms with E-state index in [2.05, 4.69) is 201 Å². The SMILES string of the molecule is CC(C)(C)c1ccc2c(c1)c1cc(C(C)(C)C)ccc1n2-c1cc(C#N)cc(-c2nc(-c3ccccc3)nc(-c3cc(-c4ccc(C#N)cc4)cc(-n4c5ccc(C(C)(C)C)cc5c5cc(C(C)(C)C)ccc54)c3)n2)c1. The monoisotopic (exact) mass is 990 g/mol. The van der Waals surface area contributed by atoms with Crippen LogP contribution < -0.4 is 0 Å². The summed E-state index contributed by atoms with van der Waals surface area (Å²) in [6, 6.07) is 62.4. The van der Waals surface area contributed by atoms with Crippen molar-refractivity contribution < 1.29 is 0 Å². The van der Waals surface area contributed by atoms with Crippen LogP contribution in [-0.2, 0) is 21.7 Å². The zero-order chi connectivity index (χ0) is 53.6. The fourth-order valence-corrected chi connectivity index (χ4v) is 10.5. The average molecular weight is 990 g/mol. The molecule has 0 aliphatic heterocycles. The van der Waals surface area contributed by atoms with Gasteiger partial charge in [0.2, 0.25) is 0 Å². The van der Waals surface area contributed by atoms with Gasteiger partial charge in [0.05, 0.1) is 45.3 Å². The lowest BCUT2D eigenvalue weighted by atomic mass is 9.85. The van der Waals surface area contributed by atoms with Crippen LogP contribution in [0.1, 0.15) is 116 Å². The molecule has 7 nitrogen and oxygen atoms in total. The van der Waals surface area contributed by atoms with Crippen LogP contribution in [-0.4, -0.2) is 24.1 Å². The Labute approximate surface area is 446 Å². The van der Waals surface area contributed by atoms with E-state index in [1.54, 1.807) is 0 Å². The van der Waals surface area contributed by atoms with Crippen molar-refractivity contribution in [2.24, 2.45) is 0 Å². The van der Waals surface area contributed by atoms with E-state index in [1.807, 2.05) is 66.7 Å². The largest absolute Gasteiger partial charge is 0.309 e. The molecule has 374 valence electrons. The van der Waals surface area contributed by atoms with Gasteiger partial charge in [0.25, 0.3) is 0 Å². The summed E-state index contributed by atoms with van der Waals surface area (Å²) >= 11 is 0. The third-order valence-corrected chi connectivity index (χ3v) is 15.0. The van der Waals surface area contributed by atoms with Crippen molar-refractivity contribution >= 4 is 43.6 Å². The van der Waals surface area contributed by atoms with Crippen molar-refractivity contribution in [2.45, 2.75) is 105 Å². The lowest BCUT2D eigenvalue weighted by Crippen LogP contribution is -2.10. The second kappa shape index (κ2) is 18.0. The second-order valence-corrected chi connectivity index (χ2v) is 24.6. The van der Waals surface area contributed by atoms with Crippen LogP contribution >= 0.6 is 0 Å². The third kappa shape index (κ3) is 9.01. The first-order chi connectivity index (χ1) is 36.0. The van der Waals surface area contributed by atoms with Gasteiger partial charge < -0.3 is 9.13 Å². The summed E-state index contributed by atoms with van der Waals surface area (Å²) < 4.78 is 4.64. The van der Waals surface area contributed by atoms with Gasteiger partial charge in [0.1, 0.15) is 0 Å². The van der Waals surface area contributed by atoms with Gasteiger partial charge in [-0.2, -0.15) is 10.5 Å². The van der Waals surface area contributed by atoms with Crippen molar-refractivity contribution in [1.29, 1.82) is 10.5 Å². The van der Waals surface area contributed by atoms with Crippen LogP contribution in [0.25, 0.3) is 100 Å². The minimum Gasteiger partial charge on any atom is -0.309 e. The fourth-order valence-electron chi connectivity index (χ4n) is 10.5. The maximum absolute atomic E-state index is 10.8. The number of hydrogen-bond acceptors (Lipinski definition) is 5. The third-order valence-electron chi connectivity index (χ3n) is 15.0. The highest BCUT2D eigenvalue weighted by molar-refractivity contribution is 6.11. The van der Waals surface area contributed by atoms with Crippen molar-refractivity contribution in [1.82, 2.24) is 24.1 Å². The Balaban J connectivity index is 1.17. The lowest BCUT2D eigenvalue weighted by Gasteiger charge is -2.19. The molecule has 11 rings (SSSR count). The molecule has 0 unspecified atom stereocenters. The van der Waals surface area contributed by atoms with Gasteiger partial charge in [-0.05, 0) is 152 Å². The van der Waals surface area contributed by atoms with E-state index >= 15 is 0 Å². The molecular weight excluding hydrogens is 927 g/mol. The van der Waals surface area contributed by atoms with Crippen molar-refractivity contribution in [3.05, 3.63) is 197 Å². The molecule has 76 heavy (non-hydrogen) atoms. The van der Waals surface area contributed by atoms with E-state index in [9.17, 15) is 10.5 Å². The number of nitrogens with zero attached hydrogens (tertiary/aromatic N) is 7. The number of rotatable bonds is 6. The molecule has 0 bridgehead atoms. The van der Waals surface area contributed by atoms with Gasteiger partial charge >= 0.3 is 0 Å². The molecule has 8 aromatic carbocycles. The van der Waals surface area contributed by atoms with Crippen LogP contribution in [0.4, 0.5) is 0 Å². The van der Waals surface area contributed by atoms with Gasteiger partial charge in [-0.3, -0.25) is 0 Å². The molecule has 0 spiro atoms. The predicted molar refractivity (Wildman–Crippen MR) is 314 cm³/mol. The summed E-state index contributed by atoms with van der Waals surface area (Å²) in [4.78, 5) is 15.9. The van der Waals surface area contributed by atoms with Crippen LogP contribution in [0.15, 0.2) is 164 Å². The maximum atomic E-state index is 10.8. The van der Waals surface area contributed by atoms with Crippen LogP contribution in [0, 0.1) is 22.7 Å². The normalized spacial score (nSPS) is 12.4. The molecule has 0 aliphatic rings. The summed E-state index contributed by atoms with van der Waals surface area (Å²) in [6.07, 6.45) is 0. The van der Waals surface area contributed by atoms with E-state index in [4.69, 9.17) is 15.0 Å². The summed E-state index contributed by atoms with van der Waals surface area (Å²) in [5.74, 6) is 1.44. The van der Waals surface area contributed by atoms with E-state index in [1.165, 1.54) is 33.0 Å². The van der Waals surface area contributed by atoms with Crippen molar-refractivity contribution in [3.8, 4) is 68.8 Å². The van der Waals surface area contributed by atoms with Crippen molar-refractivity contribution in [2.75, 3.05) is 0 Å². The summed E-state index contributed by atoms with van der Waals surface area (Å²) in [5.41, 5.74) is 16.2. The highest BCUT2D eigenvalue weighted by atomic mass is 15.0. The predicted octanol–water partition coefficient (Wildman–Crippen LogP) is 17.7. The average Bonchev–Trinajstić information content (AvgIpc) is 4.02. The summed E-state index contributed by atoms with van der Waals surface area (Å²) in [7, 11) is 0.